The lowest BCUT2D eigenvalue weighted by atomic mass is 10.1. The Labute approximate surface area is 178 Å². The highest BCUT2D eigenvalue weighted by Gasteiger charge is 2.38. The van der Waals surface area contributed by atoms with Crippen LogP contribution < -0.4 is 4.74 Å². The Balaban J connectivity index is 0.000000592. The van der Waals surface area contributed by atoms with E-state index in [0.29, 0.717) is 19.8 Å². The summed E-state index contributed by atoms with van der Waals surface area (Å²) in [6.07, 6.45) is 3.01. The van der Waals surface area contributed by atoms with Crippen molar-refractivity contribution < 1.29 is 42.4 Å². The molecule has 31 heavy (non-hydrogen) atoms. The molecule has 172 valence electrons. The Kier molecular flexibility index (Phi) is 11.5. The zero-order chi connectivity index (χ0) is 23.3. The van der Waals surface area contributed by atoms with E-state index in [1.54, 1.807) is 0 Å². The molecule has 7 nitrogen and oxygen atoms in total. The zero-order valence-electron chi connectivity index (χ0n) is 16.9. The molecule has 0 spiro atoms. The van der Waals surface area contributed by atoms with Crippen LogP contribution in [0.4, 0.5) is 13.2 Å². The first-order valence-corrected chi connectivity index (χ1v) is 9.65. The molecule has 0 aromatic heterocycles. The number of terminal acetylenes is 1. The van der Waals surface area contributed by atoms with Gasteiger partial charge in [0, 0.05) is 26.1 Å². The van der Waals surface area contributed by atoms with Crippen LogP contribution in [0.3, 0.4) is 0 Å². The minimum Gasteiger partial charge on any atom is -0.494 e. The average molecular weight is 445 g/mol. The average Bonchev–Trinajstić information content (AvgIpc) is 2.72. The first-order valence-electron chi connectivity index (χ1n) is 9.65. The van der Waals surface area contributed by atoms with Crippen molar-refractivity contribution in [2.75, 3.05) is 32.8 Å². The van der Waals surface area contributed by atoms with Crippen molar-refractivity contribution in [3.05, 3.63) is 29.8 Å². The molecule has 1 aliphatic heterocycles. The molecule has 1 aromatic carbocycles. The van der Waals surface area contributed by atoms with Crippen LogP contribution in [0.1, 0.15) is 37.4 Å². The Bertz CT molecular complexity index is 730. The maximum atomic E-state index is 10.7. The molecule has 0 amide bonds. The summed E-state index contributed by atoms with van der Waals surface area (Å²) in [5, 5.41) is 15.9. The molecule has 2 N–H and O–H groups in total. The van der Waals surface area contributed by atoms with Gasteiger partial charge in [-0.25, -0.2) is 4.79 Å². The minimum absolute atomic E-state index is 0.0165. The van der Waals surface area contributed by atoms with Crippen molar-refractivity contribution in [3.8, 4) is 18.1 Å². The third-order valence-corrected chi connectivity index (χ3v) is 4.27. The maximum Gasteiger partial charge on any atom is 0.490 e. The van der Waals surface area contributed by atoms with Crippen molar-refractivity contribution >= 4 is 11.9 Å². The number of carbonyl (C=O) groups is 2. The fraction of sp³-hybridized carbons (Fsp3) is 0.524. The van der Waals surface area contributed by atoms with Crippen LogP contribution in [-0.2, 0) is 14.3 Å². The van der Waals surface area contributed by atoms with E-state index in [1.165, 1.54) is 0 Å². The molecule has 1 saturated heterocycles. The van der Waals surface area contributed by atoms with Crippen LogP contribution in [-0.4, -0.2) is 66.1 Å². The second kappa shape index (κ2) is 13.5. The monoisotopic (exact) mass is 445 g/mol. The number of nitrogens with zero attached hydrogens (tertiary/aromatic N) is 1. The number of halogens is 3. The van der Waals surface area contributed by atoms with Crippen molar-refractivity contribution in [2.24, 2.45) is 0 Å². The fourth-order valence-electron chi connectivity index (χ4n) is 2.66. The molecular formula is C21H26F3NO6. The molecule has 0 aliphatic carbocycles. The van der Waals surface area contributed by atoms with E-state index in [1.807, 2.05) is 24.3 Å². The number of aliphatic carboxylic acids is 2. The lowest BCUT2D eigenvalue weighted by molar-refractivity contribution is -0.192. The predicted octanol–water partition coefficient (Wildman–Crippen LogP) is 3.35. The van der Waals surface area contributed by atoms with Gasteiger partial charge in [-0.3, -0.25) is 9.69 Å². The number of hydrogen-bond acceptors (Lipinski definition) is 5. The highest BCUT2D eigenvalue weighted by Crippen LogP contribution is 2.24. The second-order valence-corrected chi connectivity index (χ2v) is 6.69. The van der Waals surface area contributed by atoms with Gasteiger partial charge >= 0.3 is 18.1 Å². The molecule has 1 aliphatic rings. The van der Waals surface area contributed by atoms with Gasteiger partial charge in [-0.2, -0.15) is 13.2 Å². The summed E-state index contributed by atoms with van der Waals surface area (Å²) in [7, 11) is 0. The molecule has 1 heterocycles. The van der Waals surface area contributed by atoms with Crippen LogP contribution in [0.25, 0.3) is 0 Å². The van der Waals surface area contributed by atoms with Gasteiger partial charge in [0.2, 0.25) is 0 Å². The van der Waals surface area contributed by atoms with Gasteiger partial charge in [-0.05, 0) is 30.5 Å². The Hall–Kier alpha value is -2.77. The van der Waals surface area contributed by atoms with Crippen LogP contribution >= 0.6 is 0 Å². The van der Waals surface area contributed by atoms with Crippen LogP contribution in [0.5, 0.6) is 5.75 Å². The smallest absolute Gasteiger partial charge is 0.490 e. The maximum absolute atomic E-state index is 10.7. The summed E-state index contributed by atoms with van der Waals surface area (Å²) < 4.78 is 43.2. The van der Waals surface area contributed by atoms with Crippen molar-refractivity contribution in [2.45, 2.75) is 38.0 Å². The minimum atomic E-state index is -5.08. The topological polar surface area (TPSA) is 96.3 Å². The number of unbranched alkanes of at least 4 members (excludes halogenated alkanes) is 2. The van der Waals surface area contributed by atoms with E-state index < -0.39 is 18.1 Å². The molecule has 2 rings (SSSR count). The normalized spacial score (nSPS) is 16.5. The van der Waals surface area contributed by atoms with Gasteiger partial charge in [0.15, 0.2) is 0 Å². The molecule has 0 radical (unpaired) electrons. The number of benzene rings is 1. The second-order valence-electron chi connectivity index (χ2n) is 6.69. The van der Waals surface area contributed by atoms with Gasteiger partial charge in [-0.1, -0.05) is 12.1 Å². The first kappa shape index (κ1) is 26.3. The third-order valence-electron chi connectivity index (χ3n) is 4.27. The SMILES string of the molecule is C#CCCCCOc1ccc(C2CN(CCC(=O)O)CCO2)cc1.O=C(O)C(F)(F)F. The Morgan fingerprint density at radius 1 is 1.23 bits per heavy atom. The van der Waals surface area contributed by atoms with Crippen molar-refractivity contribution in [1.29, 1.82) is 0 Å². The quantitative estimate of drug-likeness (QED) is 0.445. The number of hydrogen-bond donors (Lipinski definition) is 2. The van der Waals surface area contributed by atoms with E-state index in [2.05, 4.69) is 10.8 Å². The number of ether oxygens (including phenoxy) is 2. The van der Waals surface area contributed by atoms with E-state index in [4.69, 9.17) is 30.9 Å². The number of morpholine rings is 1. The molecule has 1 aromatic rings. The van der Waals surface area contributed by atoms with E-state index in [-0.39, 0.29) is 12.5 Å². The molecular weight excluding hydrogens is 419 g/mol. The lowest BCUT2D eigenvalue weighted by Gasteiger charge is -2.32. The summed E-state index contributed by atoms with van der Waals surface area (Å²) in [6, 6.07) is 7.94. The van der Waals surface area contributed by atoms with Crippen LogP contribution in [0.15, 0.2) is 24.3 Å². The van der Waals surface area contributed by atoms with Gasteiger partial charge < -0.3 is 19.7 Å². The third kappa shape index (κ3) is 11.3. The number of alkyl halides is 3. The van der Waals surface area contributed by atoms with Gasteiger partial charge in [0.1, 0.15) is 5.75 Å². The highest BCUT2D eigenvalue weighted by atomic mass is 19.4. The largest absolute Gasteiger partial charge is 0.494 e. The molecule has 1 atom stereocenters. The molecule has 0 bridgehead atoms. The fourth-order valence-corrected chi connectivity index (χ4v) is 2.66. The molecule has 10 heteroatoms. The molecule has 1 unspecified atom stereocenters. The standard InChI is InChI=1S/C19H25NO4.C2HF3O2/c1-2-3-4-5-13-23-17-8-6-16(7-9-17)18-15-20(12-14-24-18)11-10-19(21)22;3-2(4,5)1(6)7/h1,6-9,18H,3-5,10-15H2,(H,21,22);(H,6,7). The van der Waals surface area contributed by atoms with Gasteiger partial charge in [0.25, 0.3) is 0 Å². The van der Waals surface area contributed by atoms with Crippen LogP contribution in [0, 0.1) is 12.3 Å². The summed E-state index contributed by atoms with van der Waals surface area (Å²) in [4.78, 5) is 21.7. The highest BCUT2D eigenvalue weighted by molar-refractivity contribution is 5.73. The van der Waals surface area contributed by atoms with Crippen molar-refractivity contribution in [1.82, 2.24) is 4.90 Å². The van der Waals surface area contributed by atoms with Gasteiger partial charge in [0.05, 0.1) is 25.7 Å². The summed E-state index contributed by atoms with van der Waals surface area (Å²) in [6.45, 7) is 3.36. The molecule has 0 saturated carbocycles. The van der Waals surface area contributed by atoms with E-state index in [9.17, 15) is 18.0 Å². The number of carboxylic acid groups (broad SMARTS) is 2. The molecule has 1 fully saturated rings. The zero-order valence-corrected chi connectivity index (χ0v) is 16.9. The predicted molar refractivity (Wildman–Crippen MR) is 106 cm³/mol. The first-order chi connectivity index (χ1) is 14.6. The number of rotatable bonds is 9. The van der Waals surface area contributed by atoms with E-state index >= 15 is 0 Å². The van der Waals surface area contributed by atoms with Gasteiger partial charge in [-0.15, -0.1) is 12.3 Å². The summed E-state index contributed by atoms with van der Waals surface area (Å²) in [5.74, 6) is -0.0509. The summed E-state index contributed by atoms with van der Waals surface area (Å²) in [5.41, 5.74) is 1.09. The summed E-state index contributed by atoms with van der Waals surface area (Å²) >= 11 is 0. The van der Waals surface area contributed by atoms with E-state index in [0.717, 1.165) is 43.7 Å². The van der Waals surface area contributed by atoms with Crippen molar-refractivity contribution in [3.63, 3.8) is 0 Å². The Morgan fingerprint density at radius 3 is 2.42 bits per heavy atom. The van der Waals surface area contributed by atoms with Crippen LogP contribution in [0.2, 0.25) is 0 Å². The lowest BCUT2D eigenvalue weighted by Crippen LogP contribution is -2.39. The Morgan fingerprint density at radius 2 is 1.87 bits per heavy atom. The number of carboxylic acids is 2.